The summed E-state index contributed by atoms with van der Waals surface area (Å²) in [5.41, 5.74) is 2.68. The Hall–Kier alpha value is -3.63. The van der Waals surface area contributed by atoms with Crippen molar-refractivity contribution in [3.63, 3.8) is 0 Å². The van der Waals surface area contributed by atoms with Crippen LogP contribution >= 0.6 is 23.4 Å². The molecule has 0 aliphatic carbocycles. The molecule has 0 unspecified atom stereocenters. The zero-order valence-electron chi connectivity index (χ0n) is 17.8. The van der Waals surface area contributed by atoms with E-state index in [1.165, 1.54) is 22.9 Å². The van der Waals surface area contributed by atoms with Gasteiger partial charge in [-0.25, -0.2) is 10.4 Å². The Morgan fingerprint density at radius 2 is 1.74 bits per heavy atom. The van der Waals surface area contributed by atoms with Crippen LogP contribution in [0.25, 0.3) is 16.6 Å². The predicted octanol–water partition coefficient (Wildman–Crippen LogP) is 5.30. The maximum atomic E-state index is 13.2. The summed E-state index contributed by atoms with van der Waals surface area (Å²) in [4.78, 5) is 30.0. The first-order chi connectivity index (χ1) is 16.7. The lowest BCUT2D eigenvalue weighted by molar-refractivity contribution is -0.137. The lowest BCUT2D eigenvalue weighted by Gasteiger charge is -2.13. The van der Waals surface area contributed by atoms with Gasteiger partial charge in [0.15, 0.2) is 5.16 Å². The fourth-order valence-corrected chi connectivity index (χ4v) is 4.06. The van der Waals surface area contributed by atoms with Gasteiger partial charge in [-0.15, -0.1) is 0 Å². The summed E-state index contributed by atoms with van der Waals surface area (Å²) < 4.78 is 39.3. The topological polar surface area (TPSA) is 76.3 Å². The summed E-state index contributed by atoms with van der Waals surface area (Å²) in [7, 11) is 0. The van der Waals surface area contributed by atoms with Gasteiger partial charge in [0.1, 0.15) is 0 Å². The number of hydrogen-bond acceptors (Lipinski definition) is 5. The molecule has 178 valence electrons. The third-order valence-corrected chi connectivity index (χ3v) is 5.99. The Labute approximate surface area is 206 Å². The minimum absolute atomic E-state index is 0.108. The monoisotopic (exact) mass is 516 g/mol. The van der Waals surface area contributed by atoms with Crippen molar-refractivity contribution in [2.75, 3.05) is 5.75 Å². The van der Waals surface area contributed by atoms with Crippen LogP contribution < -0.4 is 11.0 Å². The Balaban J connectivity index is 1.50. The Kier molecular flexibility index (Phi) is 7.23. The van der Waals surface area contributed by atoms with Gasteiger partial charge in [-0.05, 0) is 54.1 Å². The quantitative estimate of drug-likeness (QED) is 0.163. The van der Waals surface area contributed by atoms with Crippen LogP contribution in [0.1, 0.15) is 11.1 Å². The molecule has 0 atom stereocenters. The summed E-state index contributed by atoms with van der Waals surface area (Å²) in [6.07, 6.45) is -3.19. The van der Waals surface area contributed by atoms with E-state index >= 15 is 0 Å². The summed E-state index contributed by atoms with van der Waals surface area (Å²) in [5.74, 6) is -0.592. The molecule has 1 heterocycles. The molecule has 0 aliphatic heterocycles. The minimum Gasteiger partial charge on any atom is -0.272 e. The number of benzene rings is 3. The van der Waals surface area contributed by atoms with Crippen molar-refractivity contribution in [2.24, 2.45) is 5.10 Å². The molecule has 1 amide bonds. The second-order valence-corrected chi connectivity index (χ2v) is 8.61. The molecule has 35 heavy (non-hydrogen) atoms. The summed E-state index contributed by atoms with van der Waals surface area (Å²) in [6.45, 7) is 0. The number of hydrazone groups is 1. The van der Waals surface area contributed by atoms with Gasteiger partial charge < -0.3 is 0 Å². The average Bonchev–Trinajstić information content (AvgIpc) is 2.83. The maximum Gasteiger partial charge on any atom is 0.416 e. The lowest BCUT2D eigenvalue weighted by Crippen LogP contribution is -2.24. The minimum atomic E-state index is -4.43. The van der Waals surface area contributed by atoms with Gasteiger partial charge in [0, 0.05) is 5.02 Å². The third-order valence-electron chi connectivity index (χ3n) is 4.80. The number of hydrogen-bond donors (Lipinski definition) is 1. The first-order valence-corrected chi connectivity index (χ1v) is 11.5. The Morgan fingerprint density at radius 3 is 2.43 bits per heavy atom. The van der Waals surface area contributed by atoms with Crippen molar-refractivity contribution in [3.05, 3.63) is 99.3 Å². The van der Waals surface area contributed by atoms with Crippen LogP contribution in [0, 0.1) is 0 Å². The molecular weight excluding hydrogens is 501 g/mol. The van der Waals surface area contributed by atoms with E-state index in [4.69, 9.17) is 11.6 Å². The van der Waals surface area contributed by atoms with E-state index in [1.54, 1.807) is 48.5 Å². The maximum absolute atomic E-state index is 13.2. The van der Waals surface area contributed by atoms with Crippen molar-refractivity contribution < 1.29 is 18.0 Å². The molecule has 1 N–H and O–H groups in total. The van der Waals surface area contributed by atoms with Gasteiger partial charge in [-0.1, -0.05) is 47.6 Å². The first kappa shape index (κ1) is 24.5. The Morgan fingerprint density at radius 1 is 1.06 bits per heavy atom. The summed E-state index contributed by atoms with van der Waals surface area (Å²) in [5, 5.41) is 5.02. The highest BCUT2D eigenvalue weighted by atomic mass is 35.5. The van der Waals surface area contributed by atoms with E-state index in [0.717, 1.165) is 23.9 Å². The van der Waals surface area contributed by atoms with Crippen LogP contribution in [0.4, 0.5) is 13.2 Å². The van der Waals surface area contributed by atoms with E-state index in [0.29, 0.717) is 32.3 Å². The number of halogens is 4. The number of thioether (sulfide) groups is 1. The van der Waals surface area contributed by atoms with Gasteiger partial charge in [0.05, 0.1) is 34.1 Å². The second kappa shape index (κ2) is 10.3. The van der Waals surface area contributed by atoms with E-state index < -0.39 is 17.6 Å². The number of amides is 1. The van der Waals surface area contributed by atoms with Crippen LogP contribution in [0.5, 0.6) is 0 Å². The van der Waals surface area contributed by atoms with Gasteiger partial charge in [0.2, 0.25) is 0 Å². The molecule has 1 aromatic heterocycles. The molecule has 4 aromatic rings. The van der Waals surface area contributed by atoms with Crippen LogP contribution in [0.3, 0.4) is 0 Å². The van der Waals surface area contributed by atoms with Gasteiger partial charge in [-0.2, -0.15) is 18.3 Å². The van der Waals surface area contributed by atoms with Gasteiger partial charge in [-0.3, -0.25) is 14.2 Å². The average molecular weight is 517 g/mol. The van der Waals surface area contributed by atoms with E-state index in [-0.39, 0.29) is 11.3 Å². The molecule has 0 bridgehead atoms. The SMILES string of the molecule is O=C(CSc1nc2ccccc2c(=O)n1-c1ccc(Cl)cc1)NN=Cc1ccc(C(F)(F)F)cc1. The zero-order valence-corrected chi connectivity index (χ0v) is 19.4. The van der Waals surface area contributed by atoms with Crippen molar-refractivity contribution >= 4 is 46.4 Å². The van der Waals surface area contributed by atoms with Gasteiger partial charge >= 0.3 is 6.18 Å². The number of carbonyl (C=O) groups excluding carboxylic acids is 1. The second-order valence-electron chi connectivity index (χ2n) is 7.23. The highest BCUT2D eigenvalue weighted by molar-refractivity contribution is 7.99. The largest absolute Gasteiger partial charge is 0.416 e. The molecule has 3 aromatic carbocycles. The third kappa shape index (κ3) is 5.90. The fourth-order valence-electron chi connectivity index (χ4n) is 3.13. The van der Waals surface area contributed by atoms with Crippen molar-refractivity contribution in [3.8, 4) is 5.69 Å². The molecule has 4 rings (SSSR count). The predicted molar refractivity (Wildman–Crippen MR) is 130 cm³/mol. The van der Waals surface area contributed by atoms with E-state index in [9.17, 15) is 22.8 Å². The highest BCUT2D eigenvalue weighted by Crippen LogP contribution is 2.29. The number of rotatable bonds is 6. The highest BCUT2D eigenvalue weighted by Gasteiger charge is 2.29. The number of carbonyl (C=O) groups is 1. The van der Waals surface area contributed by atoms with Crippen molar-refractivity contribution in [1.29, 1.82) is 0 Å². The first-order valence-electron chi connectivity index (χ1n) is 10.1. The molecule has 0 saturated heterocycles. The molecule has 0 saturated carbocycles. The van der Waals surface area contributed by atoms with Crippen LogP contribution in [-0.4, -0.2) is 27.4 Å². The summed E-state index contributed by atoms with van der Waals surface area (Å²) >= 11 is 7.01. The fraction of sp³-hybridized carbons (Fsp3) is 0.0833. The Bertz CT molecular complexity index is 1450. The smallest absolute Gasteiger partial charge is 0.272 e. The molecular formula is C24H16ClF3N4O2S. The van der Waals surface area contributed by atoms with Crippen LogP contribution in [0.15, 0.2) is 87.8 Å². The normalized spacial score (nSPS) is 11.8. The number of aromatic nitrogens is 2. The molecule has 0 aliphatic rings. The zero-order chi connectivity index (χ0) is 25.0. The van der Waals surface area contributed by atoms with Gasteiger partial charge in [0.25, 0.3) is 11.5 Å². The lowest BCUT2D eigenvalue weighted by atomic mass is 10.1. The molecule has 0 radical (unpaired) electrons. The van der Waals surface area contributed by atoms with Crippen molar-refractivity contribution in [1.82, 2.24) is 15.0 Å². The number of alkyl halides is 3. The van der Waals surface area contributed by atoms with Crippen LogP contribution in [0.2, 0.25) is 5.02 Å². The standard InChI is InChI=1S/C24H16ClF3N4O2S/c25-17-9-11-18(12-10-17)32-22(34)19-3-1-2-4-20(19)30-23(32)35-14-21(33)31-29-13-15-5-7-16(8-6-15)24(26,27)28/h1-13H,14H2,(H,31,33). The number of fused-ring (bicyclic) bond motifs is 1. The number of para-hydroxylation sites is 1. The molecule has 0 spiro atoms. The molecule has 0 fully saturated rings. The van der Waals surface area contributed by atoms with E-state index in [1.807, 2.05) is 0 Å². The summed E-state index contributed by atoms with van der Waals surface area (Å²) in [6, 6.07) is 17.9. The van der Waals surface area contributed by atoms with Crippen LogP contribution in [-0.2, 0) is 11.0 Å². The molecule has 11 heteroatoms. The number of nitrogens with zero attached hydrogens (tertiary/aromatic N) is 3. The van der Waals surface area contributed by atoms with Crippen molar-refractivity contribution in [2.45, 2.75) is 11.3 Å². The van der Waals surface area contributed by atoms with E-state index in [2.05, 4.69) is 15.5 Å². The molecule has 6 nitrogen and oxygen atoms in total. The number of nitrogens with one attached hydrogen (secondary N) is 1.